The van der Waals surface area contributed by atoms with Crippen molar-refractivity contribution in [2.75, 3.05) is 6.54 Å². The highest BCUT2D eigenvalue weighted by Crippen LogP contribution is 2.29. The highest BCUT2D eigenvalue weighted by Gasteiger charge is 2.14. The van der Waals surface area contributed by atoms with Crippen LogP contribution in [0.1, 0.15) is 21.5 Å². The number of hydrogen-bond donors (Lipinski definition) is 2. The Morgan fingerprint density at radius 3 is 2.90 bits per heavy atom. The van der Waals surface area contributed by atoms with E-state index in [1.165, 1.54) is 17.6 Å². The SMILES string of the molecule is O=C(NCC(O)c1cc2ccccc2s1)c1ccco1. The highest BCUT2D eigenvalue weighted by molar-refractivity contribution is 7.19. The van der Waals surface area contributed by atoms with E-state index in [0.717, 1.165) is 15.0 Å². The molecule has 2 aromatic heterocycles. The first kappa shape index (κ1) is 12.9. The van der Waals surface area contributed by atoms with Gasteiger partial charge in [-0.05, 0) is 29.7 Å². The van der Waals surface area contributed by atoms with Gasteiger partial charge in [-0.25, -0.2) is 0 Å². The number of nitrogens with one attached hydrogen (secondary N) is 1. The van der Waals surface area contributed by atoms with Gasteiger partial charge < -0.3 is 14.8 Å². The summed E-state index contributed by atoms with van der Waals surface area (Å²) in [4.78, 5) is 12.5. The van der Waals surface area contributed by atoms with E-state index in [-0.39, 0.29) is 18.2 Å². The molecular weight excluding hydrogens is 274 g/mol. The van der Waals surface area contributed by atoms with Gasteiger partial charge in [0.15, 0.2) is 5.76 Å². The predicted molar refractivity (Wildman–Crippen MR) is 77.8 cm³/mol. The molecular formula is C15H13NO3S. The number of aliphatic hydroxyl groups is 1. The molecule has 0 aliphatic carbocycles. The average molecular weight is 287 g/mol. The van der Waals surface area contributed by atoms with Crippen LogP contribution in [0.4, 0.5) is 0 Å². The lowest BCUT2D eigenvalue weighted by atomic mass is 10.2. The second-order valence-electron chi connectivity index (χ2n) is 4.39. The summed E-state index contributed by atoms with van der Waals surface area (Å²) in [6, 6.07) is 13.1. The van der Waals surface area contributed by atoms with E-state index in [4.69, 9.17) is 4.42 Å². The number of hydrogen-bond acceptors (Lipinski definition) is 4. The molecule has 1 atom stereocenters. The highest BCUT2D eigenvalue weighted by atomic mass is 32.1. The van der Waals surface area contributed by atoms with E-state index >= 15 is 0 Å². The quantitative estimate of drug-likeness (QED) is 0.775. The van der Waals surface area contributed by atoms with Crippen molar-refractivity contribution in [3.05, 3.63) is 59.4 Å². The minimum absolute atomic E-state index is 0.159. The summed E-state index contributed by atoms with van der Waals surface area (Å²) in [5.41, 5.74) is 0. The van der Waals surface area contributed by atoms with Crippen molar-refractivity contribution >= 4 is 27.3 Å². The second kappa shape index (κ2) is 5.48. The third kappa shape index (κ3) is 2.59. The van der Waals surface area contributed by atoms with Crippen LogP contribution in [0.15, 0.2) is 53.1 Å². The minimum Gasteiger partial charge on any atom is -0.459 e. The largest absolute Gasteiger partial charge is 0.459 e. The molecule has 0 aliphatic rings. The number of benzene rings is 1. The van der Waals surface area contributed by atoms with E-state index in [1.54, 1.807) is 12.1 Å². The zero-order valence-electron chi connectivity index (χ0n) is 10.6. The Bertz CT molecular complexity index is 685. The van der Waals surface area contributed by atoms with Crippen molar-refractivity contribution in [3.8, 4) is 0 Å². The van der Waals surface area contributed by atoms with Crippen LogP contribution >= 0.6 is 11.3 Å². The number of rotatable bonds is 4. The molecule has 0 spiro atoms. The zero-order chi connectivity index (χ0) is 13.9. The summed E-state index contributed by atoms with van der Waals surface area (Å²) in [6.07, 6.45) is 0.725. The van der Waals surface area contributed by atoms with Crippen LogP contribution in [-0.4, -0.2) is 17.6 Å². The molecule has 1 amide bonds. The number of carbonyl (C=O) groups is 1. The van der Waals surface area contributed by atoms with E-state index in [0.29, 0.717) is 0 Å². The molecule has 0 radical (unpaired) electrons. The Hall–Kier alpha value is -2.11. The van der Waals surface area contributed by atoms with Crippen LogP contribution in [0.2, 0.25) is 0 Å². The van der Waals surface area contributed by atoms with Gasteiger partial charge >= 0.3 is 0 Å². The molecule has 2 N–H and O–H groups in total. The molecule has 1 unspecified atom stereocenters. The molecule has 102 valence electrons. The van der Waals surface area contributed by atoms with Gasteiger partial charge in [-0.15, -0.1) is 11.3 Å². The van der Waals surface area contributed by atoms with Crippen molar-refractivity contribution in [1.29, 1.82) is 0 Å². The molecule has 4 nitrogen and oxygen atoms in total. The molecule has 20 heavy (non-hydrogen) atoms. The van der Waals surface area contributed by atoms with E-state index < -0.39 is 6.10 Å². The van der Waals surface area contributed by atoms with E-state index in [1.807, 2.05) is 30.3 Å². The maximum absolute atomic E-state index is 11.7. The Morgan fingerprint density at radius 2 is 2.15 bits per heavy atom. The normalized spacial score (nSPS) is 12.4. The lowest BCUT2D eigenvalue weighted by molar-refractivity contribution is 0.0890. The summed E-state index contributed by atoms with van der Waals surface area (Å²) in [7, 11) is 0. The molecule has 5 heteroatoms. The number of carbonyl (C=O) groups excluding carboxylic acids is 1. The predicted octanol–water partition coefficient (Wildman–Crippen LogP) is 2.96. The summed E-state index contributed by atoms with van der Waals surface area (Å²) in [5.74, 6) is -0.0799. The van der Waals surface area contributed by atoms with E-state index in [2.05, 4.69) is 5.32 Å². The lowest BCUT2D eigenvalue weighted by Crippen LogP contribution is -2.27. The van der Waals surface area contributed by atoms with Crippen molar-refractivity contribution in [2.45, 2.75) is 6.10 Å². The average Bonchev–Trinajstić information content (AvgIpc) is 3.12. The van der Waals surface area contributed by atoms with Crippen LogP contribution in [0.5, 0.6) is 0 Å². The number of furan rings is 1. The van der Waals surface area contributed by atoms with E-state index in [9.17, 15) is 9.90 Å². The maximum atomic E-state index is 11.7. The number of thiophene rings is 1. The molecule has 2 heterocycles. The topological polar surface area (TPSA) is 62.5 Å². The van der Waals surface area contributed by atoms with Gasteiger partial charge in [0, 0.05) is 16.1 Å². The first-order chi connectivity index (χ1) is 9.74. The first-order valence-corrected chi connectivity index (χ1v) is 7.04. The maximum Gasteiger partial charge on any atom is 0.287 e. The van der Waals surface area contributed by atoms with Gasteiger partial charge in [0.05, 0.1) is 6.26 Å². The third-order valence-electron chi connectivity index (χ3n) is 2.97. The third-order valence-corrected chi connectivity index (χ3v) is 4.19. The van der Waals surface area contributed by atoms with Gasteiger partial charge in [-0.3, -0.25) is 4.79 Å². The van der Waals surface area contributed by atoms with Crippen molar-refractivity contribution in [3.63, 3.8) is 0 Å². The summed E-state index contributed by atoms with van der Waals surface area (Å²) in [5, 5.41) is 13.9. The van der Waals surface area contributed by atoms with Gasteiger partial charge in [0.25, 0.3) is 5.91 Å². The van der Waals surface area contributed by atoms with Gasteiger partial charge in [0.1, 0.15) is 6.10 Å². The number of amides is 1. The second-order valence-corrected chi connectivity index (χ2v) is 5.51. The Kier molecular flexibility index (Phi) is 3.54. The minimum atomic E-state index is -0.716. The molecule has 3 rings (SSSR count). The molecule has 1 aromatic carbocycles. The molecule has 0 fully saturated rings. The number of fused-ring (bicyclic) bond motifs is 1. The molecule has 0 saturated heterocycles. The van der Waals surface area contributed by atoms with Crippen LogP contribution in [0.3, 0.4) is 0 Å². The summed E-state index contributed by atoms with van der Waals surface area (Å²) in [6.45, 7) is 0.159. The van der Waals surface area contributed by atoms with Crippen molar-refractivity contribution in [1.82, 2.24) is 5.32 Å². The van der Waals surface area contributed by atoms with Crippen molar-refractivity contribution in [2.24, 2.45) is 0 Å². The number of aliphatic hydroxyl groups excluding tert-OH is 1. The molecule has 0 aliphatic heterocycles. The van der Waals surface area contributed by atoms with Crippen molar-refractivity contribution < 1.29 is 14.3 Å². The van der Waals surface area contributed by atoms with Gasteiger partial charge in [-0.2, -0.15) is 0 Å². The zero-order valence-corrected chi connectivity index (χ0v) is 11.4. The fourth-order valence-corrected chi connectivity index (χ4v) is 3.00. The van der Waals surface area contributed by atoms with Crippen LogP contribution in [0.25, 0.3) is 10.1 Å². The molecule has 0 saturated carbocycles. The first-order valence-electron chi connectivity index (χ1n) is 6.22. The van der Waals surface area contributed by atoms with Crippen LogP contribution in [-0.2, 0) is 0 Å². The fraction of sp³-hybridized carbons (Fsp3) is 0.133. The van der Waals surface area contributed by atoms with Crippen LogP contribution in [0, 0.1) is 0 Å². The van der Waals surface area contributed by atoms with Gasteiger partial charge in [0.2, 0.25) is 0 Å². The smallest absolute Gasteiger partial charge is 0.287 e. The Morgan fingerprint density at radius 1 is 1.30 bits per heavy atom. The Labute approximate surface area is 119 Å². The van der Waals surface area contributed by atoms with Gasteiger partial charge in [-0.1, -0.05) is 18.2 Å². The Balaban J connectivity index is 1.67. The molecule has 3 aromatic rings. The summed E-state index contributed by atoms with van der Waals surface area (Å²) < 4.78 is 6.11. The lowest BCUT2D eigenvalue weighted by Gasteiger charge is -2.08. The summed E-state index contributed by atoms with van der Waals surface area (Å²) >= 11 is 1.53. The van der Waals surface area contributed by atoms with Crippen LogP contribution < -0.4 is 5.32 Å². The fourth-order valence-electron chi connectivity index (χ4n) is 1.95. The molecule has 0 bridgehead atoms. The standard InChI is InChI=1S/C15H13NO3S/c17-11(9-16-15(18)12-5-3-7-19-12)14-8-10-4-1-2-6-13(10)20-14/h1-8,11,17H,9H2,(H,16,18). The monoisotopic (exact) mass is 287 g/mol.